The molecule has 0 fully saturated rings. The maximum absolute atomic E-state index is 10.4. The normalized spacial score (nSPS) is 9.00. The topological polar surface area (TPSA) is 17.1 Å². The highest BCUT2D eigenvalue weighted by Crippen LogP contribution is 2.13. The van der Waals surface area contributed by atoms with E-state index in [1.165, 1.54) is 0 Å². The van der Waals surface area contributed by atoms with Crippen LogP contribution < -0.4 is 0 Å². The van der Waals surface area contributed by atoms with Crippen molar-refractivity contribution in [3.05, 3.63) is 48.0 Å². The molecule has 0 N–H and O–H groups in total. The first-order chi connectivity index (χ1) is 5.81. The zero-order valence-corrected chi connectivity index (χ0v) is 6.79. The second kappa shape index (κ2) is 3.67. The van der Waals surface area contributed by atoms with Gasteiger partial charge in [-0.25, -0.2) is 0 Å². The van der Waals surface area contributed by atoms with Crippen LogP contribution in [0, 0.1) is 0 Å². The fraction of sp³-hybridized carbons (Fsp3) is 0. The molecule has 1 aromatic carbocycles. The molecule has 60 valence electrons. The van der Waals surface area contributed by atoms with Crippen molar-refractivity contribution in [2.75, 3.05) is 0 Å². The molecule has 1 heteroatoms. The minimum atomic E-state index is 0.663. The van der Waals surface area contributed by atoms with Gasteiger partial charge in [0.05, 0.1) is 0 Å². The molecule has 0 spiro atoms. The summed E-state index contributed by atoms with van der Waals surface area (Å²) in [7, 11) is 0. The van der Waals surface area contributed by atoms with E-state index in [2.05, 4.69) is 13.2 Å². The van der Waals surface area contributed by atoms with Gasteiger partial charge in [0, 0.05) is 5.56 Å². The van der Waals surface area contributed by atoms with Crippen LogP contribution in [0.15, 0.2) is 31.4 Å². The predicted molar refractivity (Wildman–Crippen MR) is 52.0 cm³/mol. The largest absolute Gasteiger partial charge is 0.298 e. The molecule has 0 atom stereocenters. The van der Waals surface area contributed by atoms with Crippen LogP contribution in [0.3, 0.4) is 0 Å². The first-order valence-corrected chi connectivity index (χ1v) is 3.66. The maximum atomic E-state index is 10.4. The molecule has 0 unspecified atom stereocenters. The Balaban J connectivity index is 3.27. The first kappa shape index (κ1) is 8.47. The van der Waals surface area contributed by atoms with Crippen LogP contribution in [0.1, 0.15) is 21.5 Å². The van der Waals surface area contributed by atoms with Crippen LogP contribution in [-0.2, 0) is 0 Å². The lowest BCUT2D eigenvalue weighted by Crippen LogP contribution is -1.84. The summed E-state index contributed by atoms with van der Waals surface area (Å²) in [6.45, 7) is 7.31. The molecule has 0 heterocycles. The van der Waals surface area contributed by atoms with Crippen LogP contribution in [0.4, 0.5) is 0 Å². The molecule has 12 heavy (non-hydrogen) atoms. The van der Waals surface area contributed by atoms with Crippen molar-refractivity contribution in [3.8, 4) is 0 Å². The number of rotatable bonds is 3. The number of carbonyl (C=O) groups is 1. The summed E-state index contributed by atoms with van der Waals surface area (Å²) in [4.78, 5) is 10.4. The number of hydrogen-bond donors (Lipinski definition) is 0. The van der Waals surface area contributed by atoms with Gasteiger partial charge in [-0.05, 0) is 17.2 Å². The highest BCUT2D eigenvalue weighted by Gasteiger charge is 1.96. The van der Waals surface area contributed by atoms with Gasteiger partial charge < -0.3 is 0 Å². The number of carbonyl (C=O) groups excluding carboxylic acids is 1. The molecule has 0 radical (unpaired) electrons. The lowest BCUT2D eigenvalue weighted by molar-refractivity contribution is 0.112. The van der Waals surface area contributed by atoms with Crippen LogP contribution in [-0.4, -0.2) is 6.29 Å². The van der Waals surface area contributed by atoms with Gasteiger partial charge in [0.2, 0.25) is 0 Å². The predicted octanol–water partition coefficient (Wildman–Crippen LogP) is 2.79. The third-order valence-corrected chi connectivity index (χ3v) is 1.69. The lowest BCUT2D eigenvalue weighted by atomic mass is 10.0. The monoisotopic (exact) mass is 158 g/mol. The highest BCUT2D eigenvalue weighted by molar-refractivity contribution is 5.78. The standard InChI is InChI=1S/C11H10O/c1-3-10-6-5-9(8-12)7-11(10)4-2/h3-8H,1-2H2. The third kappa shape index (κ3) is 1.51. The van der Waals surface area contributed by atoms with Gasteiger partial charge >= 0.3 is 0 Å². The van der Waals surface area contributed by atoms with E-state index in [1.807, 2.05) is 6.07 Å². The van der Waals surface area contributed by atoms with E-state index in [0.29, 0.717) is 5.56 Å². The van der Waals surface area contributed by atoms with E-state index < -0.39 is 0 Å². The molecule has 1 nitrogen and oxygen atoms in total. The van der Waals surface area contributed by atoms with Crippen molar-refractivity contribution in [1.82, 2.24) is 0 Å². The summed E-state index contributed by atoms with van der Waals surface area (Å²) in [5, 5.41) is 0. The smallest absolute Gasteiger partial charge is 0.150 e. The summed E-state index contributed by atoms with van der Waals surface area (Å²) >= 11 is 0. The number of aldehydes is 1. The molecule has 0 aromatic heterocycles. The minimum absolute atomic E-state index is 0.663. The Morgan fingerprint density at radius 1 is 1.08 bits per heavy atom. The summed E-state index contributed by atoms with van der Waals surface area (Å²) in [6.07, 6.45) is 4.27. The van der Waals surface area contributed by atoms with Gasteiger partial charge in [-0.15, -0.1) is 0 Å². The second-order valence-electron chi connectivity index (χ2n) is 2.41. The Kier molecular flexibility index (Phi) is 2.59. The zero-order valence-electron chi connectivity index (χ0n) is 6.79. The van der Waals surface area contributed by atoms with Crippen molar-refractivity contribution in [2.24, 2.45) is 0 Å². The van der Waals surface area contributed by atoms with Gasteiger partial charge in [-0.1, -0.05) is 37.4 Å². The molecule has 1 rings (SSSR count). The van der Waals surface area contributed by atoms with Gasteiger partial charge in [0.25, 0.3) is 0 Å². The number of hydrogen-bond acceptors (Lipinski definition) is 1. The third-order valence-electron chi connectivity index (χ3n) is 1.69. The highest BCUT2D eigenvalue weighted by atomic mass is 16.1. The summed E-state index contributed by atoms with van der Waals surface area (Å²) < 4.78 is 0. The van der Waals surface area contributed by atoms with E-state index in [4.69, 9.17) is 0 Å². The Bertz CT molecular complexity index is 324. The Morgan fingerprint density at radius 3 is 2.25 bits per heavy atom. The van der Waals surface area contributed by atoms with Gasteiger partial charge in [0.1, 0.15) is 6.29 Å². The zero-order chi connectivity index (χ0) is 8.97. The number of benzene rings is 1. The van der Waals surface area contributed by atoms with Crippen molar-refractivity contribution in [3.63, 3.8) is 0 Å². The molecule has 0 bridgehead atoms. The van der Waals surface area contributed by atoms with Crippen molar-refractivity contribution >= 4 is 18.4 Å². The Morgan fingerprint density at radius 2 is 1.75 bits per heavy atom. The molecule has 0 aliphatic heterocycles. The van der Waals surface area contributed by atoms with Crippen LogP contribution in [0.25, 0.3) is 12.2 Å². The van der Waals surface area contributed by atoms with Gasteiger partial charge in [-0.3, -0.25) is 4.79 Å². The molecule has 0 saturated heterocycles. The van der Waals surface area contributed by atoms with E-state index in [0.717, 1.165) is 17.4 Å². The average molecular weight is 158 g/mol. The van der Waals surface area contributed by atoms with E-state index in [9.17, 15) is 4.79 Å². The Hall–Kier alpha value is -1.63. The van der Waals surface area contributed by atoms with Crippen LogP contribution in [0.5, 0.6) is 0 Å². The molecule has 1 aromatic rings. The van der Waals surface area contributed by atoms with Gasteiger partial charge in [0.15, 0.2) is 0 Å². The molecule has 0 amide bonds. The maximum Gasteiger partial charge on any atom is 0.150 e. The SMILES string of the molecule is C=Cc1ccc(C=O)cc1C=C. The van der Waals surface area contributed by atoms with Crippen molar-refractivity contribution < 1.29 is 4.79 Å². The van der Waals surface area contributed by atoms with Crippen molar-refractivity contribution in [2.45, 2.75) is 0 Å². The van der Waals surface area contributed by atoms with E-state index in [-0.39, 0.29) is 0 Å². The molecule has 0 aliphatic carbocycles. The van der Waals surface area contributed by atoms with Crippen LogP contribution >= 0.6 is 0 Å². The van der Waals surface area contributed by atoms with Crippen LogP contribution in [0.2, 0.25) is 0 Å². The summed E-state index contributed by atoms with van der Waals surface area (Å²) in [5.41, 5.74) is 2.60. The Labute approximate surface area is 72.0 Å². The van der Waals surface area contributed by atoms with Gasteiger partial charge in [-0.2, -0.15) is 0 Å². The summed E-state index contributed by atoms with van der Waals surface area (Å²) in [6, 6.07) is 5.40. The molecule has 0 aliphatic rings. The fourth-order valence-electron chi connectivity index (χ4n) is 1.03. The molecule has 0 saturated carbocycles. The van der Waals surface area contributed by atoms with Crippen molar-refractivity contribution in [1.29, 1.82) is 0 Å². The van der Waals surface area contributed by atoms with E-state index >= 15 is 0 Å². The molecular formula is C11H10O. The first-order valence-electron chi connectivity index (χ1n) is 3.66. The summed E-state index contributed by atoms with van der Waals surface area (Å²) in [5.74, 6) is 0. The molecular weight excluding hydrogens is 148 g/mol. The average Bonchev–Trinajstić information content (AvgIpc) is 2.16. The minimum Gasteiger partial charge on any atom is -0.298 e. The second-order valence-corrected chi connectivity index (χ2v) is 2.41. The quantitative estimate of drug-likeness (QED) is 0.618. The fourth-order valence-corrected chi connectivity index (χ4v) is 1.03. The van der Waals surface area contributed by atoms with E-state index in [1.54, 1.807) is 24.3 Å². The lowest BCUT2D eigenvalue weighted by Gasteiger charge is -2.00.